The van der Waals surface area contributed by atoms with Gasteiger partial charge < -0.3 is 5.11 Å². The van der Waals surface area contributed by atoms with E-state index in [0.717, 1.165) is 10.4 Å². The maximum atomic E-state index is 13.6. The summed E-state index contributed by atoms with van der Waals surface area (Å²) in [6.07, 6.45) is 0. The van der Waals surface area contributed by atoms with Crippen LogP contribution in [-0.4, -0.2) is 16.1 Å². The molecule has 0 saturated heterocycles. The molecule has 0 atom stereocenters. The number of hydrogen-bond acceptors (Lipinski definition) is 3. The number of hydrogen-bond donors (Lipinski definition) is 1. The molecule has 0 aliphatic rings. The second-order valence-corrected chi connectivity index (χ2v) is 5.83. The van der Waals surface area contributed by atoms with Crippen LogP contribution in [0.4, 0.5) is 4.39 Å². The summed E-state index contributed by atoms with van der Waals surface area (Å²) in [5.41, 5.74) is 2.89. The number of fused-ring (bicyclic) bond motifs is 1. The van der Waals surface area contributed by atoms with Crippen molar-refractivity contribution in [3.05, 3.63) is 52.2 Å². The number of rotatable bonds is 2. The Morgan fingerprint density at radius 3 is 2.62 bits per heavy atom. The summed E-state index contributed by atoms with van der Waals surface area (Å²) in [5, 5.41) is 11.7. The minimum absolute atomic E-state index is 0.0744. The van der Waals surface area contributed by atoms with Crippen LogP contribution in [0.1, 0.15) is 21.5 Å². The summed E-state index contributed by atoms with van der Waals surface area (Å²) in [6, 6.07) is 6.07. The van der Waals surface area contributed by atoms with E-state index in [1.165, 1.54) is 29.5 Å². The summed E-state index contributed by atoms with van der Waals surface area (Å²) >= 11 is 1.51. The van der Waals surface area contributed by atoms with Crippen molar-refractivity contribution in [1.82, 2.24) is 4.98 Å². The van der Waals surface area contributed by atoms with Gasteiger partial charge in [-0.25, -0.2) is 14.2 Å². The van der Waals surface area contributed by atoms with Gasteiger partial charge in [-0.3, -0.25) is 0 Å². The van der Waals surface area contributed by atoms with Gasteiger partial charge in [-0.2, -0.15) is 0 Å². The second-order valence-electron chi connectivity index (χ2n) is 4.91. The average Bonchev–Trinajstić information content (AvgIpc) is 2.84. The zero-order valence-electron chi connectivity index (χ0n) is 11.5. The van der Waals surface area contributed by atoms with Crippen molar-refractivity contribution in [2.24, 2.45) is 0 Å². The largest absolute Gasteiger partial charge is 0.478 e. The highest BCUT2D eigenvalue weighted by Gasteiger charge is 2.16. The Morgan fingerprint density at radius 1 is 1.24 bits per heavy atom. The Kier molecular flexibility index (Phi) is 3.22. The molecule has 106 valence electrons. The van der Waals surface area contributed by atoms with Gasteiger partial charge in [0.15, 0.2) is 0 Å². The zero-order valence-corrected chi connectivity index (χ0v) is 12.3. The van der Waals surface area contributed by atoms with Gasteiger partial charge in [-0.1, -0.05) is 0 Å². The monoisotopic (exact) mass is 301 g/mol. The molecule has 0 fully saturated rings. The van der Waals surface area contributed by atoms with Crippen molar-refractivity contribution in [1.29, 1.82) is 0 Å². The van der Waals surface area contributed by atoms with Gasteiger partial charge in [-0.15, -0.1) is 11.3 Å². The lowest BCUT2D eigenvalue weighted by atomic mass is 10.0. The van der Waals surface area contributed by atoms with Gasteiger partial charge in [0.25, 0.3) is 0 Å². The molecule has 2 heterocycles. The number of benzene rings is 1. The van der Waals surface area contributed by atoms with Crippen LogP contribution in [0, 0.1) is 19.7 Å². The van der Waals surface area contributed by atoms with Crippen LogP contribution in [0.3, 0.4) is 0 Å². The molecule has 5 heteroatoms. The molecule has 2 aromatic heterocycles. The average molecular weight is 301 g/mol. The molecule has 21 heavy (non-hydrogen) atoms. The van der Waals surface area contributed by atoms with Gasteiger partial charge >= 0.3 is 5.97 Å². The minimum atomic E-state index is -1.08. The molecule has 3 nitrogen and oxygen atoms in total. The lowest BCUT2D eigenvalue weighted by Crippen LogP contribution is -2.01. The molecule has 0 unspecified atom stereocenters. The smallest absolute Gasteiger partial charge is 0.336 e. The maximum Gasteiger partial charge on any atom is 0.336 e. The van der Waals surface area contributed by atoms with Crippen LogP contribution < -0.4 is 0 Å². The zero-order chi connectivity index (χ0) is 15.1. The van der Waals surface area contributed by atoms with E-state index in [0.29, 0.717) is 22.2 Å². The predicted molar refractivity (Wildman–Crippen MR) is 81.4 cm³/mol. The van der Waals surface area contributed by atoms with E-state index in [9.17, 15) is 14.3 Å². The Bertz CT molecular complexity index is 870. The quantitative estimate of drug-likeness (QED) is 0.762. The van der Waals surface area contributed by atoms with Crippen LogP contribution in [-0.2, 0) is 0 Å². The van der Waals surface area contributed by atoms with Gasteiger partial charge in [0.2, 0.25) is 0 Å². The van der Waals surface area contributed by atoms with E-state index in [1.54, 1.807) is 6.92 Å². The van der Waals surface area contributed by atoms with Crippen LogP contribution in [0.15, 0.2) is 29.6 Å². The number of carbonyl (C=O) groups is 1. The molecular formula is C16H12FNO2S. The fraction of sp³-hybridized carbons (Fsp3) is 0.125. The van der Waals surface area contributed by atoms with Gasteiger partial charge in [0, 0.05) is 5.39 Å². The summed E-state index contributed by atoms with van der Waals surface area (Å²) < 4.78 is 13.6. The first kappa shape index (κ1) is 13.7. The molecule has 0 saturated carbocycles. The number of pyridine rings is 1. The molecule has 0 aliphatic heterocycles. The summed E-state index contributed by atoms with van der Waals surface area (Å²) in [5.74, 6) is -1.53. The third-order valence-corrected chi connectivity index (χ3v) is 4.43. The highest BCUT2D eigenvalue weighted by atomic mass is 32.1. The minimum Gasteiger partial charge on any atom is -0.478 e. The Hall–Kier alpha value is -2.27. The molecule has 0 radical (unpaired) electrons. The molecule has 0 aliphatic carbocycles. The Morgan fingerprint density at radius 2 is 2.00 bits per heavy atom. The van der Waals surface area contributed by atoms with Gasteiger partial charge in [0.1, 0.15) is 5.82 Å². The Balaban J connectivity index is 2.40. The molecule has 3 aromatic rings. The number of aryl methyl sites for hydroxylation is 2. The molecule has 0 amide bonds. The van der Waals surface area contributed by atoms with E-state index in [4.69, 9.17) is 0 Å². The lowest BCUT2D eigenvalue weighted by molar-refractivity contribution is 0.0699. The van der Waals surface area contributed by atoms with Crippen molar-refractivity contribution < 1.29 is 14.3 Å². The maximum absolute atomic E-state index is 13.6. The van der Waals surface area contributed by atoms with E-state index < -0.39 is 11.8 Å². The first-order valence-corrected chi connectivity index (χ1v) is 7.24. The van der Waals surface area contributed by atoms with Crippen LogP contribution in [0.2, 0.25) is 0 Å². The number of thiophene rings is 1. The fourth-order valence-corrected chi connectivity index (χ4v) is 3.27. The highest BCUT2D eigenvalue weighted by molar-refractivity contribution is 7.13. The standard InChI is InChI=1S/C16H12FNO2S/c1-8-3-4-21-15(8)13-7-12(16(19)20)11-6-10(17)5-9(2)14(11)18-13/h3-7H,1-2H3,(H,19,20). The molecule has 1 aromatic carbocycles. The topological polar surface area (TPSA) is 50.2 Å². The van der Waals surface area contributed by atoms with Crippen molar-refractivity contribution in [2.75, 3.05) is 0 Å². The predicted octanol–water partition coefficient (Wildman–Crippen LogP) is 4.42. The molecular weight excluding hydrogens is 289 g/mol. The third kappa shape index (κ3) is 2.29. The van der Waals surface area contributed by atoms with Gasteiger partial charge in [0.05, 0.1) is 21.7 Å². The van der Waals surface area contributed by atoms with Crippen molar-refractivity contribution >= 4 is 28.2 Å². The highest BCUT2D eigenvalue weighted by Crippen LogP contribution is 2.32. The third-order valence-electron chi connectivity index (χ3n) is 3.39. The molecule has 1 N–H and O–H groups in total. The van der Waals surface area contributed by atoms with E-state index in [1.807, 2.05) is 18.4 Å². The number of halogens is 1. The van der Waals surface area contributed by atoms with Crippen molar-refractivity contribution in [3.63, 3.8) is 0 Å². The first-order chi connectivity index (χ1) is 9.97. The summed E-state index contributed by atoms with van der Waals surface area (Å²) in [6.45, 7) is 3.69. The number of carboxylic acids is 1. The van der Waals surface area contributed by atoms with E-state index in [-0.39, 0.29) is 5.56 Å². The lowest BCUT2D eigenvalue weighted by Gasteiger charge is -2.09. The SMILES string of the molecule is Cc1ccsc1-c1cc(C(=O)O)c2cc(F)cc(C)c2n1. The molecule has 3 rings (SSSR count). The number of nitrogens with zero attached hydrogens (tertiary/aromatic N) is 1. The number of carboxylic acid groups (broad SMARTS) is 1. The molecule has 0 bridgehead atoms. The van der Waals surface area contributed by atoms with Crippen LogP contribution in [0.25, 0.3) is 21.5 Å². The fourth-order valence-electron chi connectivity index (χ4n) is 2.38. The number of aromatic nitrogens is 1. The normalized spacial score (nSPS) is 11.0. The Labute approximate surface area is 124 Å². The van der Waals surface area contributed by atoms with E-state index >= 15 is 0 Å². The first-order valence-electron chi connectivity index (χ1n) is 6.36. The van der Waals surface area contributed by atoms with Crippen LogP contribution in [0.5, 0.6) is 0 Å². The number of aromatic carboxylic acids is 1. The van der Waals surface area contributed by atoms with Gasteiger partial charge in [-0.05, 0) is 54.6 Å². The molecule has 0 spiro atoms. The van der Waals surface area contributed by atoms with E-state index in [2.05, 4.69) is 4.98 Å². The second kappa shape index (κ2) is 4.93. The summed E-state index contributed by atoms with van der Waals surface area (Å²) in [7, 11) is 0. The van der Waals surface area contributed by atoms with Crippen molar-refractivity contribution in [3.8, 4) is 10.6 Å². The van der Waals surface area contributed by atoms with Crippen molar-refractivity contribution in [2.45, 2.75) is 13.8 Å². The van der Waals surface area contributed by atoms with Crippen LogP contribution >= 0.6 is 11.3 Å². The summed E-state index contributed by atoms with van der Waals surface area (Å²) in [4.78, 5) is 17.0.